The van der Waals surface area contributed by atoms with Crippen LogP contribution in [-0.4, -0.2) is 24.3 Å². The summed E-state index contributed by atoms with van der Waals surface area (Å²) in [6, 6.07) is 1.57. The van der Waals surface area contributed by atoms with Crippen molar-refractivity contribution in [2.45, 2.75) is 13.7 Å². The molecular weight excluding hydrogens is 184 g/mol. The minimum Gasteiger partial charge on any atom is -0.461 e. The maximum atomic E-state index is 11.4. The van der Waals surface area contributed by atoms with E-state index in [1.165, 1.54) is 0 Å². The predicted octanol–water partition coefficient (Wildman–Crippen LogP) is 0.851. The van der Waals surface area contributed by atoms with E-state index in [1.807, 2.05) is 0 Å². The van der Waals surface area contributed by atoms with Crippen molar-refractivity contribution >= 4 is 11.7 Å². The number of nitrogen functional groups attached to an aromatic ring is 1. The molecule has 0 saturated heterocycles. The van der Waals surface area contributed by atoms with Gasteiger partial charge in [-0.05, 0) is 13.0 Å². The average Bonchev–Trinajstić information content (AvgIpc) is 2.48. The fraction of sp³-hybridized carbons (Fsp3) is 0.444. The number of methoxy groups -OCH3 is 1. The lowest BCUT2D eigenvalue weighted by molar-refractivity contribution is 0.0494. The molecule has 0 unspecified atom stereocenters. The molecule has 0 bridgehead atoms. The highest BCUT2D eigenvalue weighted by Gasteiger charge is 2.13. The molecule has 0 aliphatic carbocycles. The molecule has 0 amide bonds. The molecule has 1 heterocycles. The number of anilines is 1. The first-order valence-corrected chi connectivity index (χ1v) is 4.30. The summed E-state index contributed by atoms with van der Waals surface area (Å²) in [6.07, 6.45) is 1.63. The molecule has 78 valence electrons. The number of aromatic nitrogens is 1. The Bertz CT molecular complexity index is 320. The highest BCUT2D eigenvalue weighted by Crippen LogP contribution is 2.11. The molecule has 0 aliphatic rings. The smallest absolute Gasteiger partial charge is 0.355 e. The summed E-state index contributed by atoms with van der Waals surface area (Å²) in [5.74, 6) is -0.388. The van der Waals surface area contributed by atoms with Gasteiger partial charge < -0.3 is 19.8 Å². The van der Waals surface area contributed by atoms with E-state index in [2.05, 4.69) is 0 Å². The summed E-state index contributed by atoms with van der Waals surface area (Å²) in [5, 5.41) is 0. The summed E-state index contributed by atoms with van der Waals surface area (Å²) < 4.78 is 11.4. The molecule has 2 N–H and O–H groups in total. The molecule has 14 heavy (non-hydrogen) atoms. The summed E-state index contributed by atoms with van der Waals surface area (Å²) in [4.78, 5) is 11.4. The van der Waals surface area contributed by atoms with Gasteiger partial charge >= 0.3 is 5.97 Å². The number of rotatable bonds is 4. The van der Waals surface area contributed by atoms with Gasteiger partial charge in [0.15, 0.2) is 0 Å². The maximum absolute atomic E-state index is 11.4. The third kappa shape index (κ3) is 2.26. The Morgan fingerprint density at radius 1 is 1.64 bits per heavy atom. The van der Waals surface area contributed by atoms with Crippen LogP contribution in [0.2, 0.25) is 0 Å². The molecule has 0 fully saturated rings. The van der Waals surface area contributed by atoms with Crippen LogP contribution in [0.5, 0.6) is 0 Å². The van der Waals surface area contributed by atoms with Gasteiger partial charge in [0.05, 0.1) is 12.3 Å². The summed E-state index contributed by atoms with van der Waals surface area (Å²) in [5.41, 5.74) is 6.49. The molecule has 1 rings (SSSR count). The molecule has 5 heteroatoms. The number of nitrogens with two attached hydrogens (primary N) is 1. The second-order valence-corrected chi connectivity index (χ2v) is 2.77. The van der Waals surface area contributed by atoms with Crippen LogP contribution in [0.15, 0.2) is 12.3 Å². The number of nitrogens with zero attached hydrogens (tertiary/aromatic N) is 1. The number of carbonyl (C=O) groups is 1. The standard InChI is InChI=1S/C9H14N2O3/c1-3-14-9(12)8-4-7(10)5-11(8)6-13-2/h4-5H,3,6,10H2,1-2H3. The van der Waals surface area contributed by atoms with Crippen molar-refractivity contribution in [3.8, 4) is 0 Å². The van der Waals surface area contributed by atoms with Crippen molar-refractivity contribution < 1.29 is 14.3 Å². The number of hydrogen-bond acceptors (Lipinski definition) is 4. The Kier molecular flexibility index (Phi) is 3.53. The maximum Gasteiger partial charge on any atom is 0.355 e. The first-order valence-electron chi connectivity index (χ1n) is 4.30. The molecule has 1 aromatic rings. The number of esters is 1. The Labute approximate surface area is 82.4 Å². The zero-order chi connectivity index (χ0) is 10.6. The molecule has 0 aliphatic heterocycles. The normalized spacial score (nSPS) is 10.1. The fourth-order valence-corrected chi connectivity index (χ4v) is 1.15. The van der Waals surface area contributed by atoms with E-state index in [-0.39, 0.29) is 12.7 Å². The van der Waals surface area contributed by atoms with E-state index >= 15 is 0 Å². The van der Waals surface area contributed by atoms with Crippen LogP contribution in [-0.2, 0) is 16.2 Å². The third-order valence-corrected chi connectivity index (χ3v) is 1.67. The van der Waals surface area contributed by atoms with E-state index in [1.54, 1.807) is 30.9 Å². The quantitative estimate of drug-likeness (QED) is 0.728. The SMILES string of the molecule is CCOC(=O)c1cc(N)cn1COC. The van der Waals surface area contributed by atoms with Crippen LogP contribution in [0.1, 0.15) is 17.4 Å². The Hall–Kier alpha value is -1.49. The molecule has 0 radical (unpaired) electrons. The van der Waals surface area contributed by atoms with E-state index < -0.39 is 0 Å². The van der Waals surface area contributed by atoms with Crippen LogP contribution in [0, 0.1) is 0 Å². The molecule has 0 saturated carbocycles. The zero-order valence-electron chi connectivity index (χ0n) is 8.32. The Balaban J connectivity index is 2.88. The topological polar surface area (TPSA) is 66.5 Å². The highest BCUT2D eigenvalue weighted by molar-refractivity contribution is 5.89. The predicted molar refractivity (Wildman–Crippen MR) is 51.8 cm³/mol. The lowest BCUT2D eigenvalue weighted by Crippen LogP contribution is -2.12. The van der Waals surface area contributed by atoms with Gasteiger partial charge in [0.2, 0.25) is 0 Å². The van der Waals surface area contributed by atoms with Gasteiger partial charge in [-0.15, -0.1) is 0 Å². The van der Waals surface area contributed by atoms with E-state index in [4.69, 9.17) is 15.2 Å². The van der Waals surface area contributed by atoms with E-state index in [0.29, 0.717) is 18.0 Å². The van der Waals surface area contributed by atoms with Crippen molar-refractivity contribution in [2.75, 3.05) is 19.5 Å². The summed E-state index contributed by atoms with van der Waals surface area (Å²) in [7, 11) is 1.55. The molecule has 0 spiro atoms. The minimum absolute atomic E-state index is 0.283. The molecule has 1 aromatic heterocycles. The fourth-order valence-electron chi connectivity index (χ4n) is 1.15. The number of hydrogen-bond donors (Lipinski definition) is 1. The highest BCUT2D eigenvalue weighted by atomic mass is 16.5. The average molecular weight is 198 g/mol. The van der Waals surface area contributed by atoms with Crippen LogP contribution in [0.25, 0.3) is 0 Å². The van der Waals surface area contributed by atoms with E-state index in [9.17, 15) is 4.79 Å². The van der Waals surface area contributed by atoms with Gasteiger partial charge in [-0.2, -0.15) is 0 Å². The monoisotopic (exact) mass is 198 g/mol. The van der Waals surface area contributed by atoms with Crippen molar-refractivity contribution in [2.24, 2.45) is 0 Å². The van der Waals surface area contributed by atoms with Crippen molar-refractivity contribution in [1.82, 2.24) is 4.57 Å². The minimum atomic E-state index is -0.388. The molecular formula is C9H14N2O3. The van der Waals surface area contributed by atoms with Gasteiger partial charge in [-0.1, -0.05) is 0 Å². The van der Waals surface area contributed by atoms with Crippen molar-refractivity contribution in [3.63, 3.8) is 0 Å². The van der Waals surface area contributed by atoms with Crippen molar-refractivity contribution in [1.29, 1.82) is 0 Å². The van der Waals surface area contributed by atoms with Crippen LogP contribution in [0.4, 0.5) is 5.69 Å². The second-order valence-electron chi connectivity index (χ2n) is 2.77. The Morgan fingerprint density at radius 2 is 2.36 bits per heavy atom. The molecule has 5 nitrogen and oxygen atoms in total. The lowest BCUT2D eigenvalue weighted by atomic mass is 10.4. The largest absolute Gasteiger partial charge is 0.461 e. The summed E-state index contributed by atoms with van der Waals surface area (Å²) in [6.45, 7) is 2.38. The van der Waals surface area contributed by atoms with Crippen molar-refractivity contribution in [3.05, 3.63) is 18.0 Å². The van der Waals surface area contributed by atoms with Gasteiger partial charge in [-0.3, -0.25) is 0 Å². The number of carbonyl (C=O) groups excluding carboxylic acids is 1. The van der Waals surface area contributed by atoms with Crippen LogP contribution < -0.4 is 5.73 Å². The van der Waals surface area contributed by atoms with Crippen LogP contribution in [0.3, 0.4) is 0 Å². The second kappa shape index (κ2) is 4.66. The van der Waals surface area contributed by atoms with Gasteiger partial charge in [0.25, 0.3) is 0 Å². The number of ether oxygens (including phenoxy) is 2. The van der Waals surface area contributed by atoms with E-state index in [0.717, 1.165) is 0 Å². The lowest BCUT2D eigenvalue weighted by Gasteiger charge is -2.06. The molecule has 0 atom stereocenters. The van der Waals surface area contributed by atoms with Gasteiger partial charge in [0.1, 0.15) is 12.4 Å². The van der Waals surface area contributed by atoms with Crippen LogP contribution >= 0.6 is 0 Å². The summed E-state index contributed by atoms with van der Waals surface area (Å²) >= 11 is 0. The van der Waals surface area contributed by atoms with Gasteiger partial charge in [0, 0.05) is 13.3 Å². The third-order valence-electron chi connectivity index (χ3n) is 1.67. The first kappa shape index (κ1) is 10.6. The zero-order valence-corrected chi connectivity index (χ0v) is 8.32. The van der Waals surface area contributed by atoms with Gasteiger partial charge in [-0.25, -0.2) is 4.79 Å². The Morgan fingerprint density at radius 3 is 2.93 bits per heavy atom. The first-order chi connectivity index (χ1) is 6.69. The molecule has 0 aromatic carbocycles.